The minimum absolute atomic E-state index is 0.302. The molecule has 202 valence electrons. The van der Waals surface area contributed by atoms with Crippen molar-refractivity contribution in [2.75, 3.05) is 31.0 Å². The Kier molecular flexibility index (Phi) is 10.7. The van der Waals surface area contributed by atoms with Crippen LogP contribution in [-0.4, -0.2) is 44.3 Å². The van der Waals surface area contributed by atoms with Crippen LogP contribution in [0.4, 0.5) is 11.4 Å². The molecule has 0 aromatic heterocycles. The van der Waals surface area contributed by atoms with Gasteiger partial charge in [0.25, 0.3) is 5.91 Å². The van der Waals surface area contributed by atoms with Crippen LogP contribution in [0.2, 0.25) is 10.0 Å². The molecule has 0 radical (unpaired) electrons. The topological polar surface area (TPSA) is 127 Å². The summed E-state index contributed by atoms with van der Waals surface area (Å²) in [5.41, 5.74) is 3.53. The van der Waals surface area contributed by atoms with Crippen molar-refractivity contribution in [1.82, 2.24) is 5.43 Å². The van der Waals surface area contributed by atoms with Gasteiger partial charge in [-0.25, -0.2) is 5.43 Å². The van der Waals surface area contributed by atoms with Crippen molar-refractivity contribution in [2.24, 2.45) is 5.10 Å². The number of hydrazone groups is 1. The number of ether oxygens (including phenoxy) is 3. The number of carbonyl (C=O) groups is 3. The molecule has 10 nitrogen and oxygen atoms in total. The van der Waals surface area contributed by atoms with E-state index in [0.29, 0.717) is 50.8 Å². The third kappa shape index (κ3) is 9.37. The average molecular weight is 571 g/mol. The van der Waals surface area contributed by atoms with Crippen molar-refractivity contribution in [3.05, 3.63) is 88.9 Å². The van der Waals surface area contributed by atoms with Crippen LogP contribution in [0.5, 0.6) is 17.2 Å². The van der Waals surface area contributed by atoms with Gasteiger partial charge in [-0.15, -0.1) is 0 Å². The van der Waals surface area contributed by atoms with Gasteiger partial charge in [-0.05, 0) is 66.2 Å². The molecular weight excluding hydrogens is 547 g/mol. The lowest BCUT2D eigenvalue weighted by atomic mass is 10.2. The Morgan fingerprint density at radius 2 is 1.59 bits per heavy atom. The Morgan fingerprint density at radius 1 is 0.872 bits per heavy atom. The van der Waals surface area contributed by atoms with Crippen LogP contribution in [-0.2, 0) is 14.4 Å². The number of methoxy groups -OCH3 is 1. The van der Waals surface area contributed by atoms with Gasteiger partial charge < -0.3 is 24.8 Å². The van der Waals surface area contributed by atoms with Crippen molar-refractivity contribution in [3.63, 3.8) is 0 Å². The Labute approximate surface area is 234 Å². The quantitative estimate of drug-likeness (QED) is 0.133. The first-order valence-electron chi connectivity index (χ1n) is 11.3. The second-order valence-electron chi connectivity index (χ2n) is 7.68. The van der Waals surface area contributed by atoms with Gasteiger partial charge in [0.05, 0.1) is 13.3 Å². The maximum absolute atomic E-state index is 12.2. The molecule has 3 rings (SSSR count). The minimum Gasteiger partial charge on any atom is -0.493 e. The third-order valence-corrected chi connectivity index (χ3v) is 5.20. The fourth-order valence-electron chi connectivity index (χ4n) is 3.04. The Bertz CT molecular complexity index is 1360. The molecule has 0 fully saturated rings. The molecule has 3 aromatic rings. The summed E-state index contributed by atoms with van der Waals surface area (Å²) in [6, 6.07) is 15.9. The van der Waals surface area contributed by atoms with E-state index in [4.69, 9.17) is 37.4 Å². The first-order chi connectivity index (χ1) is 18.8. The summed E-state index contributed by atoms with van der Waals surface area (Å²) in [6.45, 7) is 3.62. The van der Waals surface area contributed by atoms with Gasteiger partial charge in [0.2, 0.25) is 0 Å². The van der Waals surface area contributed by atoms with E-state index in [1.165, 1.54) is 13.3 Å². The molecular formula is C27H24Cl2N4O6. The summed E-state index contributed by atoms with van der Waals surface area (Å²) in [6.07, 6.45) is 2.93. The van der Waals surface area contributed by atoms with Crippen LogP contribution < -0.4 is 30.3 Å². The molecule has 0 unspecified atom stereocenters. The number of nitrogens with zero attached hydrogens (tertiary/aromatic N) is 1. The van der Waals surface area contributed by atoms with Crippen LogP contribution in [0.25, 0.3) is 0 Å². The third-order valence-electron chi connectivity index (χ3n) is 4.76. The number of anilines is 2. The number of amides is 3. The lowest BCUT2D eigenvalue weighted by Gasteiger charge is -2.12. The fourth-order valence-corrected chi connectivity index (χ4v) is 3.57. The van der Waals surface area contributed by atoms with Gasteiger partial charge in [0.1, 0.15) is 12.4 Å². The lowest BCUT2D eigenvalue weighted by Crippen LogP contribution is -2.32. The van der Waals surface area contributed by atoms with Gasteiger partial charge >= 0.3 is 11.8 Å². The van der Waals surface area contributed by atoms with Gasteiger partial charge in [0, 0.05) is 21.4 Å². The van der Waals surface area contributed by atoms with Crippen molar-refractivity contribution in [3.8, 4) is 17.2 Å². The minimum atomic E-state index is -0.961. The highest BCUT2D eigenvalue weighted by Gasteiger charge is 2.13. The molecule has 0 aliphatic rings. The second kappa shape index (κ2) is 14.4. The number of hydrogen-bond donors (Lipinski definition) is 3. The van der Waals surface area contributed by atoms with Crippen molar-refractivity contribution in [2.45, 2.75) is 0 Å². The highest BCUT2D eigenvalue weighted by atomic mass is 35.5. The highest BCUT2D eigenvalue weighted by Crippen LogP contribution is 2.28. The summed E-state index contributed by atoms with van der Waals surface area (Å²) < 4.78 is 16.2. The molecule has 0 atom stereocenters. The van der Waals surface area contributed by atoms with Crippen LogP contribution in [0.3, 0.4) is 0 Å². The molecule has 0 aliphatic heterocycles. The number of nitrogens with one attached hydrogen (secondary N) is 3. The molecule has 3 aromatic carbocycles. The SMILES string of the molecule is C=CCOc1ccc(NC(=O)C(=O)N/N=C\c2ccc(OCC(=O)Nc3cc(Cl)cc(Cl)c3)c(OC)c2)cc1. The van der Waals surface area contributed by atoms with Crippen molar-refractivity contribution < 1.29 is 28.6 Å². The normalized spacial score (nSPS) is 10.4. The smallest absolute Gasteiger partial charge is 0.329 e. The van der Waals surface area contributed by atoms with Crippen molar-refractivity contribution >= 4 is 58.5 Å². The maximum Gasteiger partial charge on any atom is 0.329 e. The Balaban J connectivity index is 1.50. The zero-order valence-corrected chi connectivity index (χ0v) is 22.2. The number of halogens is 2. The van der Waals surface area contributed by atoms with E-state index in [0.717, 1.165) is 0 Å². The van der Waals surface area contributed by atoms with E-state index >= 15 is 0 Å². The maximum atomic E-state index is 12.2. The lowest BCUT2D eigenvalue weighted by molar-refractivity contribution is -0.136. The van der Waals surface area contributed by atoms with Gasteiger partial charge in [-0.1, -0.05) is 35.9 Å². The Hall–Kier alpha value is -4.54. The standard InChI is InChI=1S/C27H24Cl2N4O6/c1-3-10-38-22-7-5-20(6-8-22)32-26(35)27(36)33-30-15-17-4-9-23(24(11-17)37-2)39-16-25(34)31-21-13-18(28)12-19(29)14-21/h3-9,11-15H,1,10,16H2,2H3,(H,31,34)(H,32,35)(H,33,36)/b30-15-. The first kappa shape index (κ1) is 29.0. The molecule has 3 N–H and O–H groups in total. The average Bonchev–Trinajstić information content (AvgIpc) is 2.91. The zero-order valence-electron chi connectivity index (χ0n) is 20.7. The number of hydrogen-bond acceptors (Lipinski definition) is 7. The van der Waals surface area contributed by atoms with E-state index < -0.39 is 17.7 Å². The van der Waals surface area contributed by atoms with Gasteiger partial charge in [-0.2, -0.15) is 5.10 Å². The summed E-state index contributed by atoms with van der Waals surface area (Å²) in [4.78, 5) is 36.4. The predicted molar refractivity (Wildman–Crippen MR) is 150 cm³/mol. The Morgan fingerprint density at radius 3 is 2.26 bits per heavy atom. The zero-order chi connectivity index (χ0) is 28.2. The number of rotatable bonds is 11. The summed E-state index contributed by atoms with van der Waals surface area (Å²) in [7, 11) is 1.43. The largest absolute Gasteiger partial charge is 0.493 e. The molecule has 0 saturated heterocycles. The summed E-state index contributed by atoms with van der Waals surface area (Å²) in [5.74, 6) is -1.07. The monoisotopic (exact) mass is 570 g/mol. The number of carbonyl (C=O) groups excluding carboxylic acids is 3. The molecule has 3 amide bonds. The highest BCUT2D eigenvalue weighted by molar-refractivity contribution is 6.39. The van der Waals surface area contributed by atoms with E-state index in [1.54, 1.807) is 66.7 Å². The van der Waals surface area contributed by atoms with E-state index in [1.807, 2.05) is 0 Å². The molecule has 0 saturated carbocycles. The predicted octanol–water partition coefficient (Wildman–Crippen LogP) is 4.67. The first-order valence-corrected chi connectivity index (χ1v) is 12.1. The van der Waals surface area contributed by atoms with Crippen LogP contribution >= 0.6 is 23.2 Å². The van der Waals surface area contributed by atoms with Gasteiger partial charge in [0.15, 0.2) is 18.1 Å². The number of benzene rings is 3. The second-order valence-corrected chi connectivity index (χ2v) is 8.56. The molecule has 0 heterocycles. The van der Waals surface area contributed by atoms with E-state index in [9.17, 15) is 14.4 Å². The summed E-state index contributed by atoms with van der Waals surface area (Å²) >= 11 is 11.9. The van der Waals surface area contributed by atoms with Crippen molar-refractivity contribution in [1.29, 1.82) is 0 Å². The molecule has 0 bridgehead atoms. The van der Waals surface area contributed by atoms with Gasteiger partial charge in [-0.3, -0.25) is 14.4 Å². The molecule has 39 heavy (non-hydrogen) atoms. The molecule has 12 heteroatoms. The summed E-state index contributed by atoms with van der Waals surface area (Å²) in [5, 5.41) is 9.66. The van der Waals surface area contributed by atoms with Crippen LogP contribution in [0, 0.1) is 0 Å². The van der Waals surface area contributed by atoms with E-state index in [2.05, 4.69) is 27.7 Å². The van der Waals surface area contributed by atoms with E-state index in [-0.39, 0.29) is 6.61 Å². The molecule has 0 spiro atoms. The van der Waals surface area contributed by atoms with Crippen LogP contribution in [0.15, 0.2) is 78.4 Å². The van der Waals surface area contributed by atoms with Crippen LogP contribution in [0.1, 0.15) is 5.56 Å². The fraction of sp³-hybridized carbons (Fsp3) is 0.111. The molecule has 0 aliphatic carbocycles.